The predicted octanol–water partition coefficient (Wildman–Crippen LogP) is 2.30. The molecule has 88 valence electrons. The summed E-state index contributed by atoms with van der Waals surface area (Å²) in [5.74, 6) is 0. The quantitative estimate of drug-likeness (QED) is 0.892. The Morgan fingerprint density at radius 3 is 2.56 bits per heavy atom. The van der Waals surface area contributed by atoms with Gasteiger partial charge in [0.1, 0.15) is 0 Å². The summed E-state index contributed by atoms with van der Waals surface area (Å²) in [6.45, 7) is 2.76. The average molecular weight is 287 g/mol. The third-order valence-corrected chi connectivity index (χ3v) is 2.66. The molecule has 0 aliphatic carbocycles. The van der Waals surface area contributed by atoms with Gasteiger partial charge < -0.3 is 15.3 Å². The number of anilines is 1. The molecule has 16 heavy (non-hydrogen) atoms. The van der Waals surface area contributed by atoms with E-state index in [0.29, 0.717) is 13.1 Å². The zero-order valence-electron chi connectivity index (χ0n) is 9.11. The van der Waals surface area contributed by atoms with E-state index in [1.165, 1.54) is 0 Å². The Bertz CT molecular complexity index is 340. The Morgan fingerprint density at radius 1 is 1.44 bits per heavy atom. The molecule has 2 amide bonds. The lowest BCUT2D eigenvalue weighted by Gasteiger charge is -2.20. The first-order valence-corrected chi connectivity index (χ1v) is 5.89. The zero-order valence-corrected chi connectivity index (χ0v) is 10.7. The van der Waals surface area contributed by atoms with E-state index in [4.69, 9.17) is 5.11 Å². The van der Waals surface area contributed by atoms with Crippen LogP contribution in [0.4, 0.5) is 10.5 Å². The summed E-state index contributed by atoms with van der Waals surface area (Å²) in [4.78, 5) is 13.3. The van der Waals surface area contributed by atoms with Gasteiger partial charge in [0.2, 0.25) is 0 Å². The smallest absolute Gasteiger partial charge is 0.321 e. The number of nitrogens with one attached hydrogen (secondary N) is 1. The van der Waals surface area contributed by atoms with E-state index in [1.807, 2.05) is 31.2 Å². The standard InChI is InChI=1S/C11H15BrN2O2/c1-2-14(7-8-15)11(16)13-10-5-3-9(12)4-6-10/h3-6,15H,2,7-8H2,1H3,(H,13,16). The van der Waals surface area contributed by atoms with Crippen molar-refractivity contribution in [2.24, 2.45) is 0 Å². The number of aliphatic hydroxyl groups excluding tert-OH is 1. The highest BCUT2D eigenvalue weighted by molar-refractivity contribution is 9.10. The van der Waals surface area contributed by atoms with Gasteiger partial charge in [-0.15, -0.1) is 0 Å². The van der Waals surface area contributed by atoms with Crippen molar-refractivity contribution in [3.8, 4) is 0 Å². The predicted molar refractivity (Wildman–Crippen MR) is 67.5 cm³/mol. The van der Waals surface area contributed by atoms with Gasteiger partial charge >= 0.3 is 6.03 Å². The van der Waals surface area contributed by atoms with Crippen molar-refractivity contribution in [2.75, 3.05) is 25.0 Å². The summed E-state index contributed by atoms with van der Waals surface area (Å²) in [6, 6.07) is 7.15. The summed E-state index contributed by atoms with van der Waals surface area (Å²) in [6.07, 6.45) is 0. The molecule has 2 N–H and O–H groups in total. The topological polar surface area (TPSA) is 52.6 Å². The lowest BCUT2D eigenvalue weighted by Crippen LogP contribution is -2.36. The molecular weight excluding hydrogens is 272 g/mol. The van der Waals surface area contributed by atoms with Crippen molar-refractivity contribution < 1.29 is 9.90 Å². The van der Waals surface area contributed by atoms with Crippen LogP contribution in [0.15, 0.2) is 28.7 Å². The second-order valence-corrected chi connectivity index (χ2v) is 4.16. The first-order chi connectivity index (χ1) is 7.67. The van der Waals surface area contributed by atoms with Crippen LogP contribution < -0.4 is 5.32 Å². The lowest BCUT2D eigenvalue weighted by molar-refractivity contribution is 0.192. The molecule has 0 saturated carbocycles. The van der Waals surface area contributed by atoms with Crippen molar-refractivity contribution in [3.63, 3.8) is 0 Å². The molecule has 0 saturated heterocycles. The third kappa shape index (κ3) is 3.83. The van der Waals surface area contributed by atoms with Gasteiger partial charge in [-0.05, 0) is 31.2 Å². The van der Waals surface area contributed by atoms with Gasteiger partial charge in [-0.1, -0.05) is 15.9 Å². The molecule has 0 radical (unpaired) electrons. The van der Waals surface area contributed by atoms with Crippen molar-refractivity contribution >= 4 is 27.6 Å². The molecule has 4 nitrogen and oxygen atoms in total. The number of carbonyl (C=O) groups excluding carboxylic acids is 1. The van der Waals surface area contributed by atoms with E-state index in [1.54, 1.807) is 4.90 Å². The molecule has 1 rings (SSSR count). The molecule has 0 spiro atoms. The van der Waals surface area contributed by atoms with Crippen molar-refractivity contribution in [3.05, 3.63) is 28.7 Å². The number of rotatable bonds is 4. The molecule has 0 atom stereocenters. The minimum atomic E-state index is -0.195. The van der Waals surface area contributed by atoms with Crippen LogP contribution in [0.3, 0.4) is 0 Å². The molecule has 0 fully saturated rings. The van der Waals surface area contributed by atoms with E-state index in [2.05, 4.69) is 21.2 Å². The van der Waals surface area contributed by atoms with E-state index >= 15 is 0 Å². The van der Waals surface area contributed by atoms with Crippen LogP contribution >= 0.6 is 15.9 Å². The second-order valence-electron chi connectivity index (χ2n) is 3.24. The number of hydrogen-bond donors (Lipinski definition) is 2. The summed E-state index contributed by atoms with van der Waals surface area (Å²) in [7, 11) is 0. The number of benzene rings is 1. The van der Waals surface area contributed by atoms with Crippen molar-refractivity contribution in [1.29, 1.82) is 0 Å². The molecule has 1 aromatic rings. The fourth-order valence-corrected chi connectivity index (χ4v) is 1.52. The number of nitrogens with zero attached hydrogens (tertiary/aromatic N) is 1. The molecule has 0 aromatic heterocycles. The van der Waals surface area contributed by atoms with Gasteiger partial charge in [-0.25, -0.2) is 4.79 Å². The van der Waals surface area contributed by atoms with Crippen LogP contribution in [0.5, 0.6) is 0 Å². The lowest BCUT2D eigenvalue weighted by atomic mass is 10.3. The Labute approximate surface area is 103 Å². The van der Waals surface area contributed by atoms with Crippen molar-refractivity contribution in [1.82, 2.24) is 4.90 Å². The van der Waals surface area contributed by atoms with Crippen LogP contribution in [0.25, 0.3) is 0 Å². The second kappa shape index (κ2) is 6.50. The Hall–Kier alpha value is -1.07. The zero-order chi connectivity index (χ0) is 12.0. The molecule has 0 unspecified atom stereocenters. The molecule has 1 aromatic carbocycles. The Balaban J connectivity index is 2.59. The minimum absolute atomic E-state index is 0.0262. The summed E-state index contributed by atoms with van der Waals surface area (Å²) in [5, 5.41) is 11.6. The van der Waals surface area contributed by atoms with Gasteiger partial charge in [-0.3, -0.25) is 0 Å². The fraction of sp³-hybridized carbons (Fsp3) is 0.364. The number of amides is 2. The van der Waals surface area contributed by atoms with Crippen LogP contribution in [0.2, 0.25) is 0 Å². The molecule has 5 heteroatoms. The van der Waals surface area contributed by atoms with E-state index < -0.39 is 0 Å². The first-order valence-electron chi connectivity index (χ1n) is 5.09. The van der Waals surface area contributed by atoms with Gasteiger partial charge in [0.05, 0.1) is 6.61 Å². The maximum atomic E-state index is 11.7. The highest BCUT2D eigenvalue weighted by Gasteiger charge is 2.10. The van der Waals surface area contributed by atoms with Crippen LogP contribution in [0, 0.1) is 0 Å². The summed E-state index contributed by atoms with van der Waals surface area (Å²) >= 11 is 3.32. The number of halogens is 1. The third-order valence-electron chi connectivity index (χ3n) is 2.13. The van der Waals surface area contributed by atoms with Gasteiger partial charge in [0.15, 0.2) is 0 Å². The summed E-state index contributed by atoms with van der Waals surface area (Å²) in [5.41, 5.74) is 0.740. The maximum absolute atomic E-state index is 11.7. The van der Waals surface area contributed by atoms with Crippen LogP contribution in [-0.4, -0.2) is 35.7 Å². The number of carbonyl (C=O) groups is 1. The molecule has 0 bridgehead atoms. The largest absolute Gasteiger partial charge is 0.395 e. The maximum Gasteiger partial charge on any atom is 0.321 e. The molecule has 0 heterocycles. The van der Waals surface area contributed by atoms with Gasteiger partial charge in [-0.2, -0.15) is 0 Å². The molecular formula is C11H15BrN2O2. The number of likely N-dealkylation sites (N-methyl/N-ethyl adjacent to an activating group) is 1. The first kappa shape index (κ1) is 13.0. The molecule has 0 aliphatic rings. The normalized spacial score (nSPS) is 9.94. The highest BCUT2D eigenvalue weighted by Crippen LogP contribution is 2.14. The van der Waals surface area contributed by atoms with Gasteiger partial charge in [0.25, 0.3) is 0 Å². The monoisotopic (exact) mass is 286 g/mol. The van der Waals surface area contributed by atoms with Crippen LogP contribution in [0.1, 0.15) is 6.92 Å². The minimum Gasteiger partial charge on any atom is -0.395 e. The highest BCUT2D eigenvalue weighted by atomic mass is 79.9. The van der Waals surface area contributed by atoms with Crippen molar-refractivity contribution in [2.45, 2.75) is 6.92 Å². The van der Waals surface area contributed by atoms with E-state index in [0.717, 1.165) is 10.2 Å². The fourth-order valence-electron chi connectivity index (χ4n) is 1.26. The molecule has 0 aliphatic heterocycles. The number of hydrogen-bond acceptors (Lipinski definition) is 2. The van der Waals surface area contributed by atoms with Crippen LogP contribution in [-0.2, 0) is 0 Å². The van der Waals surface area contributed by atoms with E-state index in [9.17, 15) is 4.79 Å². The SMILES string of the molecule is CCN(CCO)C(=O)Nc1ccc(Br)cc1. The Kier molecular flexibility index (Phi) is 5.28. The van der Waals surface area contributed by atoms with Gasteiger partial charge in [0, 0.05) is 23.2 Å². The Morgan fingerprint density at radius 2 is 2.06 bits per heavy atom. The summed E-state index contributed by atoms with van der Waals surface area (Å²) < 4.78 is 0.966. The number of aliphatic hydroxyl groups is 1. The number of urea groups is 1. The van der Waals surface area contributed by atoms with E-state index in [-0.39, 0.29) is 12.6 Å². The average Bonchev–Trinajstić information content (AvgIpc) is 2.29.